The lowest BCUT2D eigenvalue weighted by molar-refractivity contribution is -0.118. The number of nitrogens with one attached hydrogen (secondary N) is 1. The van der Waals surface area contributed by atoms with Crippen LogP contribution in [0.25, 0.3) is 11.5 Å². The first-order valence-corrected chi connectivity index (χ1v) is 10.2. The summed E-state index contributed by atoms with van der Waals surface area (Å²) in [4.78, 5) is 27.6. The number of carbonyl (C=O) groups is 2. The zero-order valence-corrected chi connectivity index (χ0v) is 16.9. The fraction of sp³-hybridized carbons (Fsp3) is 0.227. The highest BCUT2D eigenvalue weighted by Gasteiger charge is 2.31. The van der Waals surface area contributed by atoms with Gasteiger partial charge in [-0.05, 0) is 50.1 Å². The predicted molar refractivity (Wildman–Crippen MR) is 111 cm³/mol. The Morgan fingerprint density at radius 1 is 1.14 bits per heavy atom. The summed E-state index contributed by atoms with van der Waals surface area (Å²) in [7, 11) is 0. The fourth-order valence-corrected chi connectivity index (χ4v) is 4.06. The van der Waals surface area contributed by atoms with E-state index in [-0.39, 0.29) is 22.5 Å². The van der Waals surface area contributed by atoms with Gasteiger partial charge in [0.05, 0.1) is 5.25 Å². The highest BCUT2D eigenvalue weighted by atomic mass is 32.2. The second kappa shape index (κ2) is 8.13. The van der Waals surface area contributed by atoms with Crippen molar-refractivity contribution in [3.8, 4) is 17.2 Å². The highest BCUT2D eigenvalue weighted by molar-refractivity contribution is 8.15. The van der Waals surface area contributed by atoms with Crippen LogP contribution in [-0.2, 0) is 11.2 Å². The number of oxazole rings is 1. The van der Waals surface area contributed by atoms with Gasteiger partial charge in [-0.15, -0.1) is 0 Å². The maximum absolute atomic E-state index is 11.7. The van der Waals surface area contributed by atoms with Gasteiger partial charge >= 0.3 is 0 Å². The van der Waals surface area contributed by atoms with Gasteiger partial charge in [0.15, 0.2) is 0 Å². The Balaban J connectivity index is 1.42. The van der Waals surface area contributed by atoms with Crippen LogP contribution in [0.15, 0.2) is 59.0 Å². The first kappa shape index (κ1) is 19.3. The standard InChI is InChI=1S/C22H20N2O4S/c1-13(19-14(2)28-21(23-19)16-6-4-3-5-7-16)27-17-10-8-15(9-11-17)12-18-20(25)24-22(26)29-18/h3-11,13,18H,12H2,1-2H3,(H,24,25,26). The minimum atomic E-state index is -0.373. The molecule has 1 aliphatic heterocycles. The molecule has 0 aliphatic carbocycles. The number of carbonyl (C=O) groups excluding carboxylic acids is 2. The molecule has 2 unspecified atom stereocenters. The molecule has 2 amide bonds. The lowest BCUT2D eigenvalue weighted by Crippen LogP contribution is -2.25. The van der Waals surface area contributed by atoms with Crippen molar-refractivity contribution in [3.05, 3.63) is 71.6 Å². The predicted octanol–water partition coefficient (Wildman–Crippen LogP) is 4.68. The van der Waals surface area contributed by atoms with Crippen molar-refractivity contribution in [2.45, 2.75) is 31.6 Å². The van der Waals surface area contributed by atoms with Crippen LogP contribution < -0.4 is 10.1 Å². The van der Waals surface area contributed by atoms with Crippen molar-refractivity contribution in [2.75, 3.05) is 0 Å². The number of amides is 2. The summed E-state index contributed by atoms with van der Waals surface area (Å²) in [6.45, 7) is 3.81. The number of nitrogens with zero attached hydrogens (tertiary/aromatic N) is 1. The average Bonchev–Trinajstić information content (AvgIpc) is 3.25. The Kier molecular flexibility index (Phi) is 5.40. The van der Waals surface area contributed by atoms with Crippen molar-refractivity contribution in [1.29, 1.82) is 0 Å². The smallest absolute Gasteiger partial charge is 0.286 e. The molecule has 148 valence electrons. The summed E-state index contributed by atoms with van der Waals surface area (Å²) in [6, 6.07) is 17.3. The minimum Gasteiger partial charge on any atom is -0.484 e. The second-order valence-electron chi connectivity index (χ2n) is 6.82. The monoisotopic (exact) mass is 408 g/mol. The Hall–Kier alpha value is -3.06. The van der Waals surface area contributed by atoms with Crippen LogP contribution in [-0.4, -0.2) is 21.4 Å². The Morgan fingerprint density at radius 3 is 2.52 bits per heavy atom. The van der Waals surface area contributed by atoms with E-state index < -0.39 is 0 Å². The Labute approximate surface area is 172 Å². The quantitative estimate of drug-likeness (QED) is 0.638. The summed E-state index contributed by atoms with van der Waals surface area (Å²) in [6.07, 6.45) is 0.219. The number of hydrogen-bond acceptors (Lipinski definition) is 6. The van der Waals surface area contributed by atoms with Crippen molar-refractivity contribution >= 4 is 22.9 Å². The zero-order valence-electron chi connectivity index (χ0n) is 16.0. The molecule has 0 spiro atoms. The van der Waals surface area contributed by atoms with Crippen LogP contribution in [0, 0.1) is 6.92 Å². The van der Waals surface area contributed by atoms with Gasteiger partial charge in [-0.2, -0.15) is 0 Å². The summed E-state index contributed by atoms with van der Waals surface area (Å²) >= 11 is 1.03. The molecule has 2 aromatic carbocycles. The molecular formula is C22H20N2O4S. The molecule has 7 heteroatoms. The fourth-order valence-electron chi connectivity index (χ4n) is 3.20. The number of rotatable bonds is 6. The van der Waals surface area contributed by atoms with Crippen molar-refractivity contribution in [3.63, 3.8) is 0 Å². The SMILES string of the molecule is Cc1oc(-c2ccccc2)nc1C(C)Oc1ccc(CC2SC(=O)NC2=O)cc1. The largest absolute Gasteiger partial charge is 0.484 e. The van der Waals surface area contributed by atoms with Gasteiger partial charge < -0.3 is 9.15 Å². The number of ether oxygens (including phenoxy) is 1. The van der Waals surface area contributed by atoms with E-state index in [9.17, 15) is 9.59 Å². The molecule has 0 radical (unpaired) electrons. The first-order chi connectivity index (χ1) is 14.0. The molecule has 1 N–H and O–H groups in total. The van der Waals surface area contributed by atoms with Crippen molar-refractivity contribution < 1.29 is 18.7 Å². The lowest BCUT2D eigenvalue weighted by atomic mass is 10.1. The normalized spacial score (nSPS) is 17.2. The van der Waals surface area contributed by atoms with Crippen LogP contribution in [0.3, 0.4) is 0 Å². The average molecular weight is 408 g/mol. The summed E-state index contributed by atoms with van der Waals surface area (Å²) < 4.78 is 11.8. The third-order valence-electron chi connectivity index (χ3n) is 4.66. The maximum atomic E-state index is 11.7. The molecule has 3 aromatic rings. The maximum Gasteiger partial charge on any atom is 0.286 e. The molecule has 0 bridgehead atoms. The molecule has 2 atom stereocenters. The van der Waals surface area contributed by atoms with Gasteiger partial charge in [0.2, 0.25) is 11.8 Å². The highest BCUT2D eigenvalue weighted by Crippen LogP contribution is 2.29. The Bertz CT molecular complexity index is 1030. The van der Waals surface area contributed by atoms with Gasteiger partial charge in [-0.25, -0.2) is 4.98 Å². The van der Waals surface area contributed by atoms with Gasteiger partial charge in [0, 0.05) is 5.56 Å². The molecule has 4 rings (SSSR count). The molecule has 0 saturated carbocycles. The van der Waals surface area contributed by atoms with Gasteiger partial charge in [0.25, 0.3) is 5.24 Å². The second-order valence-corrected chi connectivity index (χ2v) is 7.99. The van der Waals surface area contributed by atoms with Crippen molar-refractivity contribution in [1.82, 2.24) is 10.3 Å². The number of thioether (sulfide) groups is 1. The van der Waals surface area contributed by atoms with Crippen LogP contribution in [0.4, 0.5) is 4.79 Å². The number of aryl methyl sites for hydroxylation is 1. The number of imide groups is 1. The van der Waals surface area contributed by atoms with Crippen LogP contribution in [0.2, 0.25) is 0 Å². The van der Waals surface area contributed by atoms with E-state index in [1.54, 1.807) is 0 Å². The van der Waals surface area contributed by atoms with Gasteiger partial charge in [-0.3, -0.25) is 14.9 Å². The lowest BCUT2D eigenvalue weighted by Gasteiger charge is -2.13. The molecule has 1 aromatic heterocycles. The first-order valence-electron chi connectivity index (χ1n) is 9.29. The van der Waals surface area contributed by atoms with E-state index in [0.29, 0.717) is 18.1 Å². The van der Waals surface area contributed by atoms with E-state index in [1.165, 1.54) is 0 Å². The van der Waals surface area contributed by atoms with Gasteiger partial charge in [0.1, 0.15) is 23.3 Å². The summed E-state index contributed by atoms with van der Waals surface area (Å²) in [5, 5.41) is 1.65. The van der Waals surface area contributed by atoms with E-state index in [1.807, 2.05) is 68.4 Å². The summed E-state index contributed by atoms with van der Waals surface area (Å²) in [5.74, 6) is 1.77. The van der Waals surface area contributed by atoms with Crippen molar-refractivity contribution in [2.24, 2.45) is 0 Å². The number of aromatic nitrogens is 1. The molecule has 29 heavy (non-hydrogen) atoms. The molecule has 1 fully saturated rings. The molecular weight excluding hydrogens is 388 g/mol. The third kappa shape index (κ3) is 4.35. The van der Waals surface area contributed by atoms with Crippen LogP contribution in [0.5, 0.6) is 5.75 Å². The van der Waals surface area contributed by atoms with E-state index in [4.69, 9.17) is 9.15 Å². The molecule has 2 heterocycles. The van der Waals surface area contributed by atoms with Crippen LogP contribution in [0.1, 0.15) is 30.0 Å². The molecule has 1 saturated heterocycles. The molecule has 6 nitrogen and oxygen atoms in total. The van der Waals surface area contributed by atoms with E-state index in [2.05, 4.69) is 10.3 Å². The van der Waals surface area contributed by atoms with E-state index in [0.717, 1.165) is 34.3 Å². The Morgan fingerprint density at radius 2 is 1.86 bits per heavy atom. The summed E-state index contributed by atoms with van der Waals surface area (Å²) in [5.41, 5.74) is 2.65. The zero-order chi connectivity index (χ0) is 20.4. The topological polar surface area (TPSA) is 81.4 Å². The number of benzene rings is 2. The third-order valence-corrected chi connectivity index (χ3v) is 5.64. The number of hydrogen-bond donors (Lipinski definition) is 1. The van der Waals surface area contributed by atoms with E-state index >= 15 is 0 Å². The minimum absolute atomic E-state index is 0.232. The molecule has 1 aliphatic rings. The van der Waals surface area contributed by atoms with Crippen LogP contribution >= 0.6 is 11.8 Å². The van der Waals surface area contributed by atoms with Gasteiger partial charge in [-0.1, -0.05) is 42.1 Å².